The lowest BCUT2D eigenvalue weighted by Crippen LogP contribution is -1.94. The number of hydrogen-bond donors (Lipinski definition) is 1. The number of carbonyl (C=O) groups excluding carboxylic acids is 1. The Morgan fingerprint density at radius 3 is 2.79 bits per heavy atom. The third kappa shape index (κ3) is 1.27. The van der Waals surface area contributed by atoms with Crippen LogP contribution in [-0.2, 0) is 6.42 Å². The van der Waals surface area contributed by atoms with Gasteiger partial charge in [-0.15, -0.1) is 12.6 Å². The summed E-state index contributed by atoms with van der Waals surface area (Å²) in [7, 11) is 3.34. The minimum atomic E-state index is 0.270. The summed E-state index contributed by atoms with van der Waals surface area (Å²) in [5, 5.41) is 0. The van der Waals surface area contributed by atoms with E-state index in [2.05, 4.69) is 16.0 Å². The van der Waals surface area contributed by atoms with Gasteiger partial charge in [0.05, 0.1) is 5.69 Å². The molecule has 0 spiro atoms. The molecule has 5 heteroatoms. The second-order valence-corrected chi connectivity index (χ2v) is 5.96. The number of aromatic nitrogens is 1. The summed E-state index contributed by atoms with van der Waals surface area (Å²) in [6.07, 6.45) is 1.54. The van der Waals surface area contributed by atoms with Crippen LogP contribution >= 0.6 is 33.7 Å². The molecule has 1 heterocycles. The maximum absolute atomic E-state index is 11.5. The number of hydrogen-bond acceptors (Lipinski definition) is 4. The van der Waals surface area contributed by atoms with Crippen LogP contribution in [0.1, 0.15) is 22.3 Å². The number of ketones is 1. The Labute approximate surface area is 94.3 Å². The van der Waals surface area contributed by atoms with Gasteiger partial charge < -0.3 is 0 Å². The Balaban J connectivity index is 2.22. The molecule has 72 valence electrons. The van der Waals surface area contributed by atoms with Gasteiger partial charge >= 0.3 is 0 Å². The third-order valence-corrected chi connectivity index (χ3v) is 4.41. The molecule has 0 saturated carbocycles. The van der Waals surface area contributed by atoms with Crippen molar-refractivity contribution in [2.24, 2.45) is 0 Å². The molecule has 0 fully saturated rings. The van der Waals surface area contributed by atoms with E-state index in [4.69, 9.17) is 0 Å². The minimum absolute atomic E-state index is 0.270. The SMILES string of the molecule is O=C1CCc2cc(S)c(-n3ss3)cc21. The Kier molecular flexibility index (Phi) is 1.87. The zero-order chi connectivity index (χ0) is 9.71. The number of Topliss-reactive ketones (excluding diaryl/α,β-unsaturated/α-hetero) is 1. The van der Waals surface area contributed by atoms with Crippen molar-refractivity contribution >= 4 is 39.5 Å². The molecule has 0 bridgehead atoms. The van der Waals surface area contributed by atoms with Crippen molar-refractivity contribution in [1.82, 2.24) is 3.35 Å². The van der Waals surface area contributed by atoms with Crippen LogP contribution in [0, 0.1) is 0 Å². The van der Waals surface area contributed by atoms with Crippen molar-refractivity contribution in [2.45, 2.75) is 17.7 Å². The highest BCUT2D eigenvalue weighted by atomic mass is 33.0. The number of benzene rings is 1. The number of rotatable bonds is 1. The maximum Gasteiger partial charge on any atom is 0.163 e. The normalized spacial score (nSPS) is 15.1. The van der Waals surface area contributed by atoms with Crippen LogP contribution in [0.25, 0.3) is 5.69 Å². The van der Waals surface area contributed by atoms with E-state index in [0.29, 0.717) is 6.42 Å². The predicted octanol–water partition coefficient (Wildman–Crippen LogP) is 3.02. The molecule has 0 aliphatic heterocycles. The van der Waals surface area contributed by atoms with Gasteiger partial charge in [0.1, 0.15) is 0 Å². The van der Waals surface area contributed by atoms with Crippen molar-refractivity contribution in [3.05, 3.63) is 23.3 Å². The zero-order valence-electron chi connectivity index (χ0n) is 7.19. The molecule has 14 heavy (non-hydrogen) atoms. The molecule has 0 radical (unpaired) electrons. The zero-order valence-corrected chi connectivity index (χ0v) is 9.72. The minimum Gasteiger partial charge on any atom is -0.294 e. The standard InChI is InChI=1S/C9H7NOS3/c11-8-2-1-5-3-9(12)7(4-6(5)8)10-13-14-10/h3-4,12H,1-2H2. The Bertz CT molecular complexity index is 497. The molecule has 1 aliphatic carbocycles. The quantitative estimate of drug-likeness (QED) is 0.601. The fourth-order valence-corrected chi connectivity index (χ4v) is 3.25. The highest BCUT2D eigenvalue weighted by molar-refractivity contribution is 7.80. The lowest BCUT2D eigenvalue weighted by molar-refractivity contribution is 0.0994. The lowest BCUT2D eigenvalue weighted by Gasteiger charge is -2.03. The Morgan fingerprint density at radius 1 is 1.29 bits per heavy atom. The van der Waals surface area contributed by atoms with E-state index >= 15 is 0 Å². The molecular weight excluding hydrogens is 234 g/mol. The summed E-state index contributed by atoms with van der Waals surface area (Å²) in [6.45, 7) is 0. The van der Waals surface area contributed by atoms with Crippen molar-refractivity contribution < 1.29 is 4.79 Å². The van der Waals surface area contributed by atoms with Crippen LogP contribution in [0.5, 0.6) is 0 Å². The van der Waals surface area contributed by atoms with Crippen molar-refractivity contribution in [2.75, 3.05) is 0 Å². The third-order valence-electron chi connectivity index (χ3n) is 2.47. The van der Waals surface area contributed by atoms with Crippen molar-refractivity contribution in [3.8, 4) is 5.69 Å². The summed E-state index contributed by atoms with van der Waals surface area (Å²) in [5.74, 6) is 0.270. The first kappa shape index (κ1) is 8.76. The topological polar surface area (TPSA) is 22.0 Å². The number of aryl methyl sites for hydroxylation is 1. The number of fused-ring (bicyclic) bond motifs is 1. The van der Waals surface area contributed by atoms with Crippen molar-refractivity contribution in [1.29, 1.82) is 0 Å². The van der Waals surface area contributed by atoms with Gasteiger partial charge in [-0.3, -0.25) is 4.79 Å². The molecule has 0 amide bonds. The van der Waals surface area contributed by atoms with Gasteiger partial charge in [0, 0.05) is 38.0 Å². The van der Waals surface area contributed by atoms with Crippen LogP contribution in [0.4, 0.5) is 0 Å². The van der Waals surface area contributed by atoms with Crippen LogP contribution < -0.4 is 0 Å². The van der Waals surface area contributed by atoms with Gasteiger partial charge in [-0.2, -0.15) is 3.35 Å². The van der Waals surface area contributed by atoms with Crippen LogP contribution in [0.3, 0.4) is 0 Å². The smallest absolute Gasteiger partial charge is 0.163 e. The van der Waals surface area contributed by atoms with E-state index in [1.165, 1.54) is 0 Å². The van der Waals surface area contributed by atoms with E-state index in [0.717, 1.165) is 28.1 Å². The highest BCUT2D eigenvalue weighted by Gasteiger charge is 2.22. The van der Waals surface area contributed by atoms with Crippen molar-refractivity contribution in [3.63, 3.8) is 0 Å². The summed E-state index contributed by atoms with van der Waals surface area (Å²) in [4.78, 5) is 12.5. The average molecular weight is 241 g/mol. The number of thiol groups is 1. The summed E-state index contributed by atoms with van der Waals surface area (Å²) in [5.41, 5.74) is 3.10. The second kappa shape index (κ2) is 2.98. The van der Waals surface area contributed by atoms with Gasteiger partial charge in [-0.25, -0.2) is 0 Å². The molecule has 3 rings (SSSR count). The fourth-order valence-electron chi connectivity index (χ4n) is 1.71. The Hall–Kier alpha value is -0.520. The Morgan fingerprint density at radius 2 is 2.07 bits per heavy atom. The average Bonchev–Trinajstić information content (AvgIpc) is 2.93. The van der Waals surface area contributed by atoms with E-state index in [1.807, 2.05) is 12.1 Å². The predicted molar refractivity (Wildman–Crippen MR) is 61.4 cm³/mol. The molecule has 2 nitrogen and oxygen atoms in total. The first-order valence-electron chi connectivity index (χ1n) is 4.29. The van der Waals surface area contributed by atoms with Gasteiger partial charge in [0.2, 0.25) is 0 Å². The van der Waals surface area contributed by atoms with E-state index < -0.39 is 0 Å². The van der Waals surface area contributed by atoms with Gasteiger partial charge in [-0.1, -0.05) is 0 Å². The van der Waals surface area contributed by atoms with Crippen LogP contribution in [0.2, 0.25) is 0 Å². The molecule has 1 aliphatic rings. The number of nitrogens with zero attached hydrogens (tertiary/aromatic N) is 1. The second-order valence-electron chi connectivity index (χ2n) is 3.33. The molecule has 0 unspecified atom stereocenters. The first-order valence-corrected chi connectivity index (χ1v) is 6.81. The fraction of sp³-hybridized carbons (Fsp3) is 0.222. The molecule has 1 aromatic heterocycles. The van der Waals surface area contributed by atoms with E-state index in [1.54, 1.807) is 21.1 Å². The molecule has 0 atom stereocenters. The molecule has 2 aromatic rings. The molecule has 0 saturated heterocycles. The molecule has 0 N–H and O–H groups in total. The van der Waals surface area contributed by atoms with Gasteiger partial charge in [0.25, 0.3) is 0 Å². The van der Waals surface area contributed by atoms with Gasteiger partial charge in [0.15, 0.2) is 5.78 Å². The maximum atomic E-state index is 11.5. The number of carbonyl (C=O) groups is 1. The van der Waals surface area contributed by atoms with Crippen LogP contribution in [-0.4, -0.2) is 9.13 Å². The summed E-state index contributed by atoms with van der Waals surface area (Å²) < 4.78 is 2.06. The van der Waals surface area contributed by atoms with Gasteiger partial charge in [-0.05, 0) is 24.1 Å². The largest absolute Gasteiger partial charge is 0.294 e. The first-order chi connectivity index (χ1) is 6.75. The van der Waals surface area contributed by atoms with E-state index in [9.17, 15) is 4.79 Å². The molecule has 1 aromatic carbocycles. The molecular formula is C9H7NOS3. The summed E-state index contributed by atoms with van der Waals surface area (Å²) >= 11 is 4.43. The lowest BCUT2D eigenvalue weighted by atomic mass is 10.1. The van der Waals surface area contributed by atoms with Crippen LogP contribution in [0.15, 0.2) is 17.0 Å². The summed E-state index contributed by atoms with van der Waals surface area (Å²) in [6, 6.07) is 4.00. The highest BCUT2D eigenvalue weighted by Crippen LogP contribution is 2.34. The van der Waals surface area contributed by atoms with E-state index in [-0.39, 0.29) is 5.78 Å². The monoisotopic (exact) mass is 241 g/mol.